The minimum Gasteiger partial charge on any atom is -0.495 e. The molecule has 1 heterocycles. The second-order valence-electron chi connectivity index (χ2n) is 7.46. The quantitative estimate of drug-likeness (QED) is 0.415. The van der Waals surface area contributed by atoms with Crippen LogP contribution >= 0.6 is 0 Å². The zero-order valence-electron chi connectivity index (χ0n) is 18.7. The first-order valence-corrected chi connectivity index (χ1v) is 12.0. The fourth-order valence-electron chi connectivity index (χ4n) is 3.31. The van der Waals surface area contributed by atoms with Crippen molar-refractivity contribution in [1.82, 2.24) is 4.31 Å². The normalized spacial score (nSPS) is 14.5. The average Bonchev–Trinajstić information content (AvgIpc) is 2.82. The fraction of sp³-hybridized carbons (Fsp3) is 0.391. The van der Waals surface area contributed by atoms with Crippen LogP contribution in [0.3, 0.4) is 0 Å². The second-order valence-corrected chi connectivity index (χ2v) is 9.37. The number of nitrogens with one attached hydrogen (secondary N) is 1. The molecule has 0 atom stereocenters. The highest BCUT2D eigenvalue weighted by Gasteiger charge is 2.29. The second kappa shape index (κ2) is 11.3. The Bertz CT molecular complexity index is 1080. The number of ketones is 1. The maximum absolute atomic E-state index is 13.1. The Kier molecular flexibility index (Phi) is 8.43. The van der Waals surface area contributed by atoms with Gasteiger partial charge in [0.05, 0.1) is 26.9 Å². The Morgan fingerprint density at radius 1 is 1.09 bits per heavy atom. The molecule has 0 saturated carbocycles. The summed E-state index contributed by atoms with van der Waals surface area (Å²) in [5.41, 5.74) is 0.976. The van der Waals surface area contributed by atoms with Crippen LogP contribution in [0.15, 0.2) is 47.4 Å². The fourth-order valence-corrected chi connectivity index (χ4v) is 4.90. The van der Waals surface area contributed by atoms with Gasteiger partial charge >= 0.3 is 0 Å². The molecule has 0 aromatic heterocycles. The molecule has 178 valence electrons. The van der Waals surface area contributed by atoms with Gasteiger partial charge in [-0.15, -0.1) is 0 Å². The molecule has 1 aliphatic rings. The maximum Gasteiger partial charge on any atom is 0.246 e. The minimum absolute atomic E-state index is 0.00189. The van der Waals surface area contributed by atoms with Crippen LogP contribution in [-0.2, 0) is 19.6 Å². The van der Waals surface area contributed by atoms with E-state index in [4.69, 9.17) is 14.2 Å². The highest BCUT2D eigenvalue weighted by Crippen LogP contribution is 2.30. The van der Waals surface area contributed by atoms with Crippen LogP contribution in [0.4, 0.5) is 5.69 Å². The van der Waals surface area contributed by atoms with Crippen molar-refractivity contribution < 1.29 is 32.2 Å². The smallest absolute Gasteiger partial charge is 0.246 e. The third kappa shape index (κ3) is 6.53. The number of nitrogens with zero attached hydrogens (tertiary/aromatic N) is 1. The lowest BCUT2D eigenvalue weighted by Gasteiger charge is -2.26. The highest BCUT2D eigenvalue weighted by molar-refractivity contribution is 7.89. The Morgan fingerprint density at radius 3 is 2.42 bits per heavy atom. The minimum atomic E-state index is -3.79. The number of sulfonamides is 1. The number of rotatable bonds is 10. The van der Waals surface area contributed by atoms with Crippen LogP contribution < -0.4 is 14.8 Å². The highest BCUT2D eigenvalue weighted by atomic mass is 32.2. The standard InChI is InChI=1S/C23H28N2O7S/c1-17(26)18-5-8-20(9-6-18)32-13-3-4-23(27)24-19-7-10-21(30-2)22(16-19)33(28,29)25-11-14-31-15-12-25/h5-10,16H,3-4,11-15H2,1-2H3,(H,24,27). The molecule has 0 aliphatic carbocycles. The van der Waals surface area contributed by atoms with E-state index >= 15 is 0 Å². The molecule has 0 radical (unpaired) electrons. The Hall–Kier alpha value is -2.95. The van der Waals surface area contributed by atoms with E-state index in [-0.39, 0.29) is 41.8 Å². The van der Waals surface area contributed by atoms with Gasteiger partial charge in [0, 0.05) is 30.8 Å². The van der Waals surface area contributed by atoms with E-state index in [0.29, 0.717) is 43.2 Å². The van der Waals surface area contributed by atoms with Gasteiger partial charge in [-0.1, -0.05) is 0 Å². The Labute approximate surface area is 193 Å². The third-order valence-corrected chi connectivity index (χ3v) is 7.03. The first-order chi connectivity index (χ1) is 15.8. The molecular formula is C23H28N2O7S. The molecule has 1 saturated heterocycles. The van der Waals surface area contributed by atoms with Gasteiger partial charge in [0.1, 0.15) is 16.4 Å². The van der Waals surface area contributed by atoms with Gasteiger partial charge in [0.25, 0.3) is 0 Å². The molecule has 0 bridgehead atoms. The molecule has 1 fully saturated rings. The first kappa shape index (κ1) is 24.7. The lowest BCUT2D eigenvalue weighted by atomic mass is 10.1. The summed E-state index contributed by atoms with van der Waals surface area (Å²) in [4.78, 5) is 23.7. The van der Waals surface area contributed by atoms with Crippen molar-refractivity contribution in [2.24, 2.45) is 0 Å². The number of Topliss-reactive ketones (excluding diaryl/α,β-unsaturated/α-hetero) is 1. The molecule has 1 aliphatic heterocycles. The number of carbonyl (C=O) groups is 2. The number of carbonyl (C=O) groups excluding carboxylic acids is 2. The summed E-state index contributed by atoms with van der Waals surface area (Å²) in [6.07, 6.45) is 0.665. The van der Waals surface area contributed by atoms with Gasteiger partial charge in [0.15, 0.2) is 5.78 Å². The summed E-state index contributed by atoms with van der Waals surface area (Å²) < 4.78 is 43.5. The van der Waals surface area contributed by atoms with E-state index in [9.17, 15) is 18.0 Å². The van der Waals surface area contributed by atoms with Crippen molar-refractivity contribution in [2.45, 2.75) is 24.7 Å². The number of ether oxygens (including phenoxy) is 3. The number of anilines is 1. The predicted molar refractivity (Wildman–Crippen MR) is 122 cm³/mol. The van der Waals surface area contributed by atoms with E-state index in [1.54, 1.807) is 30.3 Å². The van der Waals surface area contributed by atoms with E-state index < -0.39 is 10.0 Å². The third-order valence-electron chi connectivity index (χ3n) is 5.11. The number of hydrogen-bond acceptors (Lipinski definition) is 7. The summed E-state index contributed by atoms with van der Waals surface area (Å²) in [6.45, 7) is 3.02. The topological polar surface area (TPSA) is 111 Å². The SMILES string of the molecule is COc1ccc(NC(=O)CCCOc2ccc(C(C)=O)cc2)cc1S(=O)(=O)N1CCOCC1. The van der Waals surface area contributed by atoms with Crippen molar-refractivity contribution in [1.29, 1.82) is 0 Å². The summed E-state index contributed by atoms with van der Waals surface area (Å²) in [7, 11) is -2.38. The number of methoxy groups -OCH3 is 1. The van der Waals surface area contributed by atoms with E-state index in [0.717, 1.165) is 0 Å². The predicted octanol–water partition coefficient (Wildman–Crippen LogP) is 2.72. The number of hydrogen-bond donors (Lipinski definition) is 1. The summed E-state index contributed by atoms with van der Waals surface area (Å²) >= 11 is 0. The van der Waals surface area contributed by atoms with Crippen LogP contribution in [0, 0.1) is 0 Å². The molecule has 9 nitrogen and oxygen atoms in total. The van der Waals surface area contributed by atoms with E-state index in [2.05, 4.69) is 5.32 Å². The summed E-state index contributed by atoms with van der Waals surface area (Å²) in [5, 5.41) is 2.73. The Balaban J connectivity index is 1.56. The zero-order chi connectivity index (χ0) is 23.8. The zero-order valence-corrected chi connectivity index (χ0v) is 19.5. The lowest BCUT2D eigenvalue weighted by molar-refractivity contribution is -0.116. The van der Waals surface area contributed by atoms with Gasteiger partial charge in [-0.25, -0.2) is 8.42 Å². The summed E-state index contributed by atoms with van der Waals surface area (Å²) in [5.74, 6) is 0.556. The molecule has 0 unspecified atom stereocenters. The van der Waals surface area contributed by atoms with Crippen LogP contribution in [0.5, 0.6) is 11.5 Å². The molecule has 1 N–H and O–H groups in total. The average molecular weight is 477 g/mol. The van der Waals surface area contributed by atoms with Crippen molar-refractivity contribution in [3.05, 3.63) is 48.0 Å². The molecule has 2 aromatic carbocycles. The number of amides is 1. The molecule has 10 heteroatoms. The van der Waals surface area contributed by atoms with Gasteiger partial charge < -0.3 is 19.5 Å². The van der Waals surface area contributed by atoms with Gasteiger partial charge in [0.2, 0.25) is 15.9 Å². The van der Waals surface area contributed by atoms with Crippen LogP contribution in [-0.4, -0.2) is 64.4 Å². The van der Waals surface area contributed by atoms with Crippen molar-refractivity contribution >= 4 is 27.4 Å². The Morgan fingerprint density at radius 2 is 1.79 bits per heavy atom. The number of benzene rings is 2. The monoisotopic (exact) mass is 476 g/mol. The van der Waals surface area contributed by atoms with E-state index in [1.165, 1.54) is 30.5 Å². The summed E-state index contributed by atoms with van der Waals surface area (Å²) in [6, 6.07) is 11.3. The van der Waals surface area contributed by atoms with Gasteiger partial charge in [-0.3, -0.25) is 9.59 Å². The first-order valence-electron chi connectivity index (χ1n) is 10.6. The molecule has 33 heavy (non-hydrogen) atoms. The van der Waals surface area contributed by atoms with Gasteiger partial charge in [-0.05, 0) is 55.8 Å². The van der Waals surface area contributed by atoms with E-state index in [1.807, 2.05) is 0 Å². The molecule has 1 amide bonds. The maximum atomic E-state index is 13.1. The number of morpholine rings is 1. The van der Waals surface area contributed by atoms with Gasteiger partial charge in [-0.2, -0.15) is 4.31 Å². The van der Waals surface area contributed by atoms with Crippen LogP contribution in [0.2, 0.25) is 0 Å². The van der Waals surface area contributed by atoms with Crippen molar-refractivity contribution in [3.8, 4) is 11.5 Å². The molecule has 2 aromatic rings. The van der Waals surface area contributed by atoms with Crippen LogP contribution in [0.1, 0.15) is 30.1 Å². The molecule has 3 rings (SSSR count). The van der Waals surface area contributed by atoms with Crippen molar-refractivity contribution in [3.63, 3.8) is 0 Å². The molecular weight excluding hydrogens is 448 g/mol. The largest absolute Gasteiger partial charge is 0.495 e. The lowest BCUT2D eigenvalue weighted by Crippen LogP contribution is -2.40. The molecule has 0 spiro atoms. The van der Waals surface area contributed by atoms with Crippen LogP contribution in [0.25, 0.3) is 0 Å². The van der Waals surface area contributed by atoms with Crippen molar-refractivity contribution in [2.75, 3.05) is 45.3 Å².